The highest BCUT2D eigenvalue weighted by molar-refractivity contribution is 5.66. The van der Waals surface area contributed by atoms with Gasteiger partial charge in [0.15, 0.2) is 0 Å². The van der Waals surface area contributed by atoms with Crippen LogP contribution in [-0.2, 0) is 11.3 Å². The van der Waals surface area contributed by atoms with Gasteiger partial charge in [0.05, 0.1) is 0 Å². The summed E-state index contributed by atoms with van der Waals surface area (Å²) in [5.41, 5.74) is 0.315. The first kappa shape index (κ1) is 14.6. The molecular formula is C13H17F2NO2. The average Bonchev–Trinajstić information content (AvgIpc) is 2.29. The van der Waals surface area contributed by atoms with Gasteiger partial charge in [0.1, 0.15) is 11.6 Å². The lowest BCUT2D eigenvalue weighted by atomic mass is 10.2. The Morgan fingerprint density at radius 1 is 1.33 bits per heavy atom. The molecule has 1 aromatic carbocycles. The fourth-order valence-electron chi connectivity index (χ4n) is 1.69. The molecule has 0 aliphatic rings. The predicted molar refractivity (Wildman–Crippen MR) is 64.2 cm³/mol. The van der Waals surface area contributed by atoms with Crippen molar-refractivity contribution in [1.29, 1.82) is 0 Å². The Hall–Kier alpha value is -1.49. The van der Waals surface area contributed by atoms with Crippen molar-refractivity contribution in [1.82, 2.24) is 4.90 Å². The summed E-state index contributed by atoms with van der Waals surface area (Å²) in [5, 5.41) is 8.48. The minimum absolute atomic E-state index is 0.141. The summed E-state index contributed by atoms with van der Waals surface area (Å²) in [5.74, 6) is -1.69. The van der Waals surface area contributed by atoms with Gasteiger partial charge in [-0.05, 0) is 44.6 Å². The Bertz CT molecular complexity index is 410. The zero-order chi connectivity index (χ0) is 13.5. The second-order valence-electron chi connectivity index (χ2n) is 4.32. The van der Waals surface area contributed by atoms with Gasteiger partial charge in [-0.2, -0.15) is 0 Å². The molecule has 1 rings (SSSR count). The lowest BCUT2D eigenvalue weighted by molar-refractivity contribution is -0.137. The number of hydrogen-bond donors (Lipinski definition) is 1. The number of unbranched alkanes of at least 4 members (excludes halogenated alkanes) is 1. The molecule has 3 nitrogen and oxygen atoms in total. The monoisotopic (exact) mass is 257 g/mol. The van der Waals surface area contributed by atoms with Crippen molar-refractivity contribution >= 4 is 5.97 Å². The molecule has 0 bridgehead atoms. The first-order valence-electron chi connectivity index (χ1n) is 5.83. The Morgan fingerprint density at radius 3 is 2.72 bits per heavy atom. The predicted octanol–water partition coefficient (Wildman–Crippen LogP) is 2.65. The molecule has 0 aromatic heterocycles. The van der Waals surface area contributed by atoms with E-state index < -0.39 is 17.6 Å². The Balaban J connectivity index is 2.37. The van der Waals surface area contributed by atoms with Crippen LogP contribution in [0.25, 0.3) is 0 Å². The van der Waals surface area contributed by atoms with Crippen molar-refractivity contribution in [3.63, 3.8) is 0 Å². The van der Waals surface area contributed by atoms with E-state index in [1.165, 1.54) is 6.07 Å². The summed E-state index contributed by atoms with van der Waals surface area (Å²) in [6.07, 6.45) is 1.45. The van der Waals surface area contributed by atoms with E-state index in [4.69, 9.17) is 5.11 Å². The van der Waals surface area contributed by atoms with Gasteiger partial charge in [-0.1, -0.05) is 0 Å². The third-order valence-corrected chi connectivity index (χ3v) is 2.63. The molecule has 0 spiro atoms. The van der Waals surface area contributed by atoms with Crippen LogP contribution < -0.4 is 0 Å². The van der Waals surface area contributed by atoms with Crippen LogP contribution >= 0.6 is 0 Å². The number of carboxylic acid groups (broad SMARTS) is 1. The zero-order valence-corrected chi connectivity index (χ0v) is 10.3. The molecule has 100 valence electrons. The first-order valence-corrected chi connectivity index (χ1v) is 5.83. The Morgan fingerprint density at radius 2 is 2.06 bits per heavy atom. The van der Waals surface area contributed by atoms with Crippen molar-refractivity contribution < 1.29 is 18.7 Å². The van der Waals surface area contributed by atoms with E-state index in [1.807, 2.05) is 4.90 Å². The number of carboxylic acids is 1. The van der Waals surface area contributed by atoms with E-state index in [0.29, 0.717) is 25.1 Å². The number of nitrogens with zero attached hydrogens (tertiary/aromatic N) is 1. The molecule has 0 unspecified atom stereocenters. The standard InChI is InChI=1S/C13H17F2NO2/c1-16(7-3-2-4-13(17)18)9-10-8-11(14)5-6-12(10)15/h5-6,8H,2-4,7,9H2,1H3,(H,17,18). The largest absolute Gasteiger partial charge is 0.481 e. The third-order valence-electron chi connectivity index (χ3n) is 2.63. The maximum absolute atomic E-state index is 13.4. The van der Waals surface area contributed by atoms with Crippen LogP contribution in [0.4, 0.5) is 8.78 Å². The number of carbonyl (C=O) groups is 1. The molecule has 0 aliphatic heterocycles. The minimum atomic E-state index is -0.811. The molecule has 1 aromatic rings. The Labute approximate surface area is 105 Å². The van der Waals surface area contributed by atoms with E-state index in [9.17, 15) is 13.6 Å². The van der Waals surface area contributed by atoms with E-state index >= 15 is 0 Å². The van der Waals surface area contributed by atoms with Crippen LogP contribution in [-0.4, -0.2) is 29.6 Å². The van der Waals surface area contributed by atoms with Gasteiger partial charge >= 0.3 is 5.97 Å². The fraction of sp³-hybridized carbons (Fsp3) is 0.462. The number of benzene rings is 1. The second-order valence-corrected chi connectivity index (χ2v) is 4.32. The lowest BCUT2D eigenvalue weighted by Crippen LogP contribution is -2.20. The highest BCUT2D eigenvalue weighted by Gasteiger charge is 2.07. The third kappa shape index (κ3) is 5.23. The zero-order valence-electron chi connectivity index (χ0n) is 10.3. The van der Waals surface area contributed by atoms with Gasteiger partial charge in [-0.25, -0.2) is 8.78 Å². The van der Waals surface area contributed by atoms with Gasteiger partial charge < -0.3 is 10.0 Å². The highest BCUT2D eigenvalue weighted by atomic mass is 19.1. The molecule has 0 heterocycles. The topological polar surface area (TPSA) is 40.5 Å². The number of aliphatic carboxylic acids is 1. The minimum Gasteiger partial charge on any atom is -0.481 e. The summed E-state index contributed by atoms with van der Waals surface area (Å²) < 4.78 is 26.3. The molecule has 0 atom stereocenters. The highest BCUT2D eigenvalue weighted by Crippen LogP contribution is 2.12. The van der Waals surface area contributed by atoms with Crippen molar-refractivity contribution in [3.8, 4) is 0 Å². The molecule has 0 radical (unpaired) electrons. The summed E-state index contributed by atoms with van der Waals surface area (Å²) in [6, 6.07) is 3.39. The fourth-order valence-corrected chi connectivity index (χ4v) is 1.69. The molecule has 1 N–H and O–H groups in total. The van der Waals surface area contributed by atoms with E-state index in [2.05, 4.69) is 0 Å². The van der Waals surface area contributed by atoms with Gasteiger partial charge in [0.2, 0.25) is 0 Å². The van der Waals surface area contributed by atoms with Gasteiger partial charge in [-0.3, -0.25) is 4.79 Å². The Kier molecular flexibility index (Phi) is 5.71. The van der Waals surface area contributed by atoms with Crippen LogP contribution in [0, 0.1) is 11.6 Å². The quantitative estimate of drug-likeness (QED) is 0.763. The maximum atomic E-state index is 13.4. The molecule has 0 saturated carbocycles. The van der Waals surface area contributed by atoms with E-state index in [0.717, 1.165) is 18.6 Å². The maximum Gasteiger partial charge on any atom is 0.303 e. The van der Waals surface area contributed by atoms with Crippen LogP contribution in [0.2, 0.25) is 0 Å². The first-order chi connectivity index (χ1) is 8.49. The summed E-state index contributed by atoms with van der Waals surface area (Å²) in [7, 11) is 1.80. The van der Waals surface area contributed by atoms with Crippen molar-refractivity contribution in [2.45, 2.75) is 25.8 Å². The smallest absolute Gasteiger partial charge is 0.303 e. The second kappa shape index (κ2) is 7.06. The summed E-state index contributed by atoms with van der Waals surface area (Å²) in [6.45, 7) is 0.972. The van der Waals surface area contributed by atoms with Gasteiger partial charge in [-0.15, -0.1) is 0 Å². The van der Waals surface area contributed by atoms with Crippen LogP contribution in [0.5, 0.6) is 0 Å². The number of rotatable bonds is 7. The number of hydrogen-bond acceptors (Lipinski definition) is 2. The molecular weight excluding hydrogens is 240 g/mol. The average molecular weight is 257 g/mol. The molecule has 0 aliphatic carbocycles. The van der Waals surface area contributed by atoms with Gasteiger partial charge in [0, 0.05) is 18.5 Å². The summed E-state index contributed by atoms with van der Waals surface area (Å²) >= 11 is 0. The molecule has 0 fully saturated rings. The van der Waals surface area contributed by atoms with E-state index in [-0.39, 0.29) is 6.42 Å². The van der Waals surface area contributed by atoms with Crippen LogP contribution in [0.1, 0.15) is 24.8 Å². The molecule has 18 heavy (non-hydrogen) atoms. The summed E-state index contributed by atoms with van der Waals surface area (Å²) in [4.78, 5) is 12.2. The van der Waals surface area contributed by atoms with Crippen molar-refractivity contribution in [2.24, 2.45) is 0 Å². The van der Waals surface area contributed by atoms with Crippen molar-refractivity contribution in [2.75, 3.05) is 13.6 Å². The normalized spacial score (nSPS) is 10.9. The molecule has 5 heteroatoms. The number of halogens is 2. The van der Waals surface area contributed by atoms with E-state index in [1.54, 1.807) is 7.05 Å². The lowest BCUT2D eigenvalue weighted by Gasteiger charge is -2.16. The van der Waals surface area contributed by atoms with Crippen LogP contribution in [0.15, 0.2) is 18.2 Å². The molecule has 0 saturated heterocycles. The molecule has 0 amide bonds. The van der Waals surface area contributed by atoms with Crippen molar-refractivity contribution in [3.05, 3.63) is 35.4 Å². The van der Waals surface area contributed by atoms with Gasteiger partial charge in [0.25, 0.3) is 0 Å². The van der Waals surface area contributed by atoms with Crippen LogP contribution in [0.3, 0.4) is 0 Å². The SMILES string of the molecule is CN(CCCCC(=O)O)Cc1cc(F)ccc1F.